The van der Waals surface area contributed by atoms with Gasteiger partial charge in [-0.05, 0) is 18.6 Å². The molecule has 0 unspecified atom stereocenters. The van der Waals surface area contributed by atoms with Crippen molar-refractivity contribution in [1.29, 1.82) is 0 Å². The van der Waals surface area contributed by atoms with Gasteiger partial charge in [-0.1, -0.05) is 35.1 Å². The molecular weight excluding hydrogens is 220 g/mol. The lowest BCUT2D eigenvalue weighted by Gasteiger charge is -1.99. The van der Waals surface area contributed by atoms with Crippen molar-refractivity contribution in [3.63, 3.8) is 0 Å². The number of aryl methyl sites for hydroxylation is 1. The van der Waals surface area contributed by atoms with Crippen LogP contribution in [-0.4, -0.2) is 10.2 Å². The van der Waals surface area contributed by atoms with E-state index >= 15 is 0 Å². The molecule has 0 saturated heterocycles. The molecule has 0 aliphatic carbocycles. The van der Waals surface area contributed by atoms with Gasteiger partial charge in [0.15, 0.2) is 0 Å². The molecule has 0 spiro atoms. The Morgan fingerprint density at radius 1 is 1.50 bits per heavy atom. The molecule has 14 heavy (non-hydrogen) atoms. The van der Waals surface area contributed by atoms with Crippen LogP contribution in [0.15, 0.2) is 23.0 Å². The van der Waals surface area contributed by atoms with Gasteiger partial charge in [-0.15, -0.1) is 0 Å². The van der Waals surface area contributed by atoms with Gasteiger partial charge < -0.3 is 0 Å². The summed E-state index contributed by atoms with van der Waals surface area (Å²) in [6.45, 7) is 1.93. The van der Waals surface area contributed by atoms with Gasteiger partial charge >= 0.3 is 4.87 Å². The van der Waals surface area contributed by atoms with Gasteiger partial charge in [0.25, 0.3) is 0 Å². The predicted octanol–water partition coefficient (Wildman–Crippen LogP) is 2.46. The Labute approximate surface area is 89.4 Å². The van der Waals surface area contributed by atoms with Gasteiger partial charge in [0.1, 0.15) is 5.01 Å². The summed E-state index contributed by atoms with van der Waals surface area (Å²) < 4.78 is 0. The summed E-state index contributed by atoms with van der Waals surface area (Å²) in [5.74, 6) is 0. The Kier molecular flexibility index (Phi) is 2.39. The number of hydrogen-bond donors (Lipinski definition) is 1. The average molecular weight is 227 g/mol. The smallest absolute Gasteiger partial charge is 0.255 e. The van der Waals surface area contributed by atoms with Gasteiger partial charge in [0.05, 0.1) is 0 Å². The number of aromatic amines is 1. The molecule has 5 heteroatoms. The Bertz CT molecular complexity index is 518. The predicted molar refractivity (Wildman–Crippen MR) is 57.9 cm³/mol. The van der Waals surface area contributed by atoms with Crippen molar-refractivity contribution in [2.24, 2.45) is 0 Å². The summed E-state index contributed by atoms with van der Waals surface area (Å²) in [6.07, 6.45) is 0. The Balaban J connectivity index is 2.52. The maximum Gasteiger partial charge on any atom is 0.322 e. The summed E-state index contributed by atoms with van der Waals surface area (Å²) in [4.78, 5) is 10.7. The van der Waals surface area contributed by atoms with Gasteiger partial charge in [-0.25, -0.2) is 5.10 Å². The van der Waals surface area contributed by atoms with Crippen LogP contribution in [0.25, 0.3) is 10.6 Å². The lowest BCUT2D eigenvalue weighted by atomic mass is 10.2. The van der Waals surface area contributed by atoms with Crippen LogP contribution in [0.1, 0.15) is 5.56 Å². The van der Waals surface area contributed by atoms with E-state index in [9.17, 15) is 4.79 Å². The van der Waals surface area contributed by atoms with E-state index in [2.05, 4.69) is 10.2 Å². The fraction of sp³-hybridized carbons (Fsp3) is 0.111. The fourth-order valence-electron chi connectivity index (χ4n) is 1.08. The zero-order chi connectivity index (χ0) is 10.1. The molecule has 1 heterocycles. The first-order chi connectivity index (χ1) is 6.66. The highest BCUT2D eigenvalue weighted by molar-refractivity contribution is 7.12. The monoisotopic (exact) mass is 226 g/mol. The molecule has 1 N–H and O–H groups in total. The van der Waals surface area contributed by atoms with Crippen LogP contribution in [-0.2, 0) is 0 Å². The van der Waals surface area contributed by atoms with E-state index in [0.717, 1.165) is 22.5 Å². The van der Waals surface area contributed by atoms with Crippen molar-refractivity contribution in [3.8, 4) is 10.6 Å². The quantitative estimate of drug-likeness (QED) is 0.812. The fourth-order valence-corrected chi connectivity index (χ4v) is 1.86. The summed E-state index contributed by atoms with van der Waals surface area (Å²) in [5, 5.41) is 7.60. The van der Waals surface area contributed by atoms with Crippen LogP contribution in [0.2, 0.25) is 5.02 Å². The highest BCUT2D eigenvalue weighted by Crippen LogP contribution is 2.24. The topological polar surface area (TPSA) is 45.8 Å². The van der Waals surface area contributed by atoms with Crippen molar-refractivity contribution in [2.75, 3.05) is 0 Å². The number of hydrogen-bond acceptors (Lipinski definition) is 3. The molecule has 72 valence electrons. The number of nitrogens with zero attached hydrogens (tertiary/aromatic N) is 1. The highest BCUT2D eigenvalue weighted by atomic mass is 35.5. The van der Waals surface area contributed by atoms with Crippen LogP contribution in [0, 0.1) is 6.92 Å². The first-order valence-electron chi connectivity index (χ1n) is 3.99. The maximum absolute atomic E-state index is 10.9. The summed E-state index contributed by atoms with van der Waals surface area (Å²) in [7, 11) is 0. The third kappa shape index (κ3) is 1.71. The van der Waals surface area contributed by atoms with Crippen LogP contribution in [0.4, 0.5) is 0 Å². The third-order valence-corrected chi connectivity index (χ3v) is 3.06. The van der Waals surface area contributed by atoms with Crippen molar-refractivity contribution >= 4 is 22.9 Å². The standard InChI is InChI=1S/C9H7ClN2OS/c1-5-2-3-6(4-7(5)10)8-11-12-9(13)14-8/h2-4H,1H3,(H,12,13). The number of nitrogens with one attached hydrogen (secondary N) is 1. The molecule has 0 saturated carbocycles. The lowest BCUT2D eigenvalue weighted by molar-refractivity contribution is 1.06. The minimum atomic E-state index is -0.156. The van der Waals surface area contributed by atoms with E-state index in [-0.39, 0.29) is 4.87 Å². The number of H-pyrrole nitrogens is 1. The van der Waals surface area contributed by atoms with Crippen molar-refractivity contribution in [2.45, 2.75) is 6.92 Å². The van der Waals surface area contributed by atoms with Gasteiger partial charge in [-0.3, -0.25) is 4.79 Å². The normalized spacial score (nSPS) is 10.4. The molecule has 0 radical (unpaired) electrons. The average Bonchev–Trinajstić information content (AvgIpc) is 2.57. The number of halogens is 1. The van der Waals surface area contributed by atoms with E-state index < -0.39 is 0 Å². The zero-order valence-corrected chi connectivity index (χ0v) is 8.95. The highest BCUT2D eigenvalue weighted by Gasteiger charge is 2.04. The minimum Gasteiger partial charge on any atom is -0.255 e. The molecule has 2 rings (SSSR count). The largest absolute Gasteiger partial charge is 0.322 e. The number of rotatable bonds is 1. The van der Waals surface area contributed by atoms with Crippen LogP contribution in [0.3, 0.4) is 0 Å². The van der Waals surface area contributed by atoms with Gasteiger partial charge in [0.2, 0.25) is 0 Å². The van der Waals surface area contributed by atoms with Crippen LogP contribution < -0.4 is 4.87 Å². The second kappa shape index (κ2) is 3.55. The molecule has 0 aliphatic rings. The Morgan fingerprint density at radius 2 is 2.29 bits per heavy atom. The molecular formula is C9H7ClN2OS. The molecule has 0 aliphatic heterocycles. The summed E-state index contributed by atoms with van der Waals surface area (Å²) in [6, 6.07) is 5.61. The van der Waals surface area contributed by atoms with E-state index in [1.807, 2.05) is 25.1 Å². The van der Waals surface area contributed by atoms with Crippen molar-refractivity contribution < 1.29 is 0 Å². The minimum absolute atomic E-state index is 0.156. The maximum atomic E-state index is 10.9. The van der Waals surface area contributed by atoms with Gasteiger partial charge in [0, 0.05) is 10.6 Å². The molecule has 0 amide bonds. The second-order valence-corrected chi connectivity index (χ2v) is 4.25. The van der Waals surface area contributed by atoms with E-state index in [1.54, 1.807) is 0 Å². The molecule has 0 bridgehead atoms. The molecule has 1 aromatic carbocycles. The van der Waals surface area contributed by atoms with Crippen molar-refractivity contribution in [3.05, 3.63) is 38.5 Å². The molecule has 0 atom stereocenters. The second-order valence-electron chi connectivity index (χ2n) is 2.88. The third-order valence-electron chi connectivity index (χ3n) is 1.86. The molecule has 2 aromatic rings. The number of benzene rings is 1. The van der Waals surface area contributed by atoms with Crippen LogP contribution >= 0.6 is 22.9 Å². The van der Waals surface area contributed by atoms with E-state index in [1.165, 1.54) is 0 Å². The first-order valence-corrected chi connectivity index (χ1v) is 5.18. The summed E-state index contributed by atoms with van der Waals surface area (Å²) >= 11 is 7.03. The molecule has 1 aromatic heterocycles. The molecule has 0 fully saturated rings. The van der Waals surface area contributed by atoms with E-state index in [0.29, 0.717) is 10.0 Å². The SMILES string of the molecule is Cc1ccc(-c2n[nH]c(=O)s2)cc1Cl. The first kappa shape index (κ1) is 9.43. The zero-order valence-electron chi connectivity index (χ0n) is 7.37. The van der Waals surface area contributed by atoms with E-state index in [4.69, 9.17) is 11.6 Å². The van der Waals surface area contributed by atoms with Crippen molar-refractivity contribution in [1.82, 2.24) is 10.2 Å². The Hall–Kier alpha value is -1.13. The van der Waals surface area contributed by atoms with Crippen LogP contribution in [0.5, 0.6) is 0 Å². The van der Waals surface area contributed by atoms with Gasteiger partial charge in [-0.2, -0.15) is 5.10 Å². The Morgan fingerprint density at radius 3 is 2.86 bits per heavy atom. The summed E-state index contributed by atoms with van der Waals surface area (Å²) in [5.41, 5.74) is 1.88. The number of aromatic nitrogens is 2. The molecule has 3 nitrogen and oxygen atoms in total. The lowest BCUT2D eigenvalue weighted by Crippen LogP contribution is -1.90.